The minimum absolute atomic E-state index is 0.0212. The average Bonchev–Trinajstić information content (AvgIpc) is 2.48. The van der Waals surface area contributed by atoms with E-state index >= 15 is 0 Å². The van der Waals surface area contributed by atoms with Crippen LogP contribution in [-0.2, 0) is 26.4 Å². The fourth-order valence-electron chi connectivity index (χ4n) is 2.59. The maximum Gasteiger partial charge on any atom is 0.218 e. The van der Waals surface area contributed by atoms with E-state index in [-0.39, 0.29) is 11.9 Å². The molecule has 118 valence electrons. The Morgan fingerprint density at radius 1 is 1.29 bits per heavy atom. The first-order valence-corrected chi connectivity index (χ1v) is 9.25. The van der Waals surface area contributed by atoms with E-state index in [2.05, 4.69) is 6.92 Å². The van der Waals surface area contributed by atoms with Gasteiger partial charge >= 0.3 is 0 Å². The highest BCUT2D eigenvalue weighted by atomic mass is 35.5. The molecule has 21 heavy (non-hydrogen) atoms. The van der Waals surface area contributed by atoms with Crippen molar-refractivity contribution in [3.8, 4) is 0 Å². The zero-order valence-electron chi connectivity index (χ0n) is 12.5. The lowest BCUT2D eigenvalue weighted by Crippen LogP contribution is -2.46. The number of hydrogen-bond acceptors (Lipinski definition) is 3. The summed E-state index contributed by atoms with van der Waals surface area (Å²) >= 11 is 5.74. The number of ether oxygens (including phenoxy) is 1. The molecule has 2 atom stereocenters. The summed E-state index contributed by atoms with van der Waals surface area (Å²) in [6.45, 7) is 3.12. The van der Waals surface area contributed by atoms with Gasteiger partial charge in [-0.15, -0.1) is 11.6 Å². The monoisotopic (exact) mass is 331 g/mol. The van der Waals surface area contributed by atoms with Gasteiger partial charge in [-0.05, 0) is 23.5 Å². The Labute approximate surface area is 132 Å². The third-order valence-electron chi connectivity index (χ3n) is 4.07. The van der Waals surface area contributed by atoms with Crippen LogP contribution in [0.25, 0.3) is 0 Å². The number of benzene rings is 1. The predicted octanol–water partition coefficient (Wildman–Crippen LogP) is 2.61. The quantitative estimate of drug-likeness (QED) is 0.779. The molecule has 0 aromatic heterocycles. The van der Waals surface area contributed by atoms with Crippen molar-refractivity contribution in [2.75, 3.05) is 20.2 Å². The van der Waals surface area contributed by atoms with Crippen LogP contribution in [0.1, 0.15) is 24.5 Å². The van der Waals surface area contributed by atoms with E-state index in [0.717, 1.165) is 17.5 Å². The lowest BCUT2D eigenvalue weighted by Gasteiger charge is -2.35. The van der Waals surface area contributed by atoms with Crippen molar-refractivity contribution in [2.45, 2.75) is 31.1 Å². The van der Waals surface area contributed by atoms with Gasteiger partial charge in [0, 0.05) is 26.1 Å². The van der Waals surface area contributed by atoms with Gasteiger partial charge in [-0.3, -0.25) is 0 Å². The first-order valence-electron chi connectivity index (χ1n) is 7.10. The summed E-state index contributed by atoms with van der Waals surface area (Å²) in [5.41, 5.74) is 1.78. The lowest BCUT2D eigenvalue weighted by molar-refractivity contribution is 0.0183. The van der Waals surface area contributed by atoms with Crippen LogP contribution in [0.4, 0.5) is 0 Å². The largest absolute Gasteiger partial charge is 0.380 e. The van der Waals surface area contributed by atoms with Gasteiger partial charge in [0.2, 0.25) is 10.0 Å². The fourth-order valence-corrected chi connectivity index (χ4v) is 4.32. The Morgan fingerprint density at radius 2 is 1.90 bits per heavy atom. The predicted molar refractivity (Wildman–Crippen MR) is 84.8 cm³/mol. The highest BCUT2D eigenvalue weighted by Crippen LogP contribution is 2.23. The molecule has 2 rings (SSSR count). The van der Waals surface area contributed by atoms with E-state index in [4.69, 9.17) is 16.3 Å². The second kappa shape index (κ2) is 7.09. The van der Waals surface area contributed by atoms with E-state index in [0.29, 0.717) is 24.9 Å². The van der Waals surface area contributed by atoms with Crippen molar-refractivity contribution in [3.05, 3.63) is 35.4 Å². The topological polar surface area (TPSA) is 46.6 Å². The van der Waals surface area contributed by atoms with Gasteiger partial charge in [0.1, 0.15) is 0 Å². The van der Waals surface area contributed by atoms with Crippen LogP contribution in [-0.4, -0.2) is 39.0 Å². The molecule has 1 aliphatic heterocycles. The molecule has 0 N–H and O–H groups in total. The molecule has 1 aromatic carbocycles. The Kier molecular flexibility index (Phi) is 5.66. The number of alkyl halides is 1. The second-order valence-electron chi connectivity index (χ2n) is 5.60. The Morgan fingerprint density at radius 3 is 2.48 bits per heavy atom. The van der Waals surface area contributed by atoms with Gasteiger partial charge in [-0.25, -0.2) is 8.42 Å². The minimum Gasteiger partial charge on any atom is -0.380 e. The summed E-state index contributed by atoms with van der Waals surface area (Å²) in [7, 11) is -1.66. The van der Waals surface area contributed by atoms with Gasteiger partial charge < -0.3 is 4.74 Å². The Hall–Kier alpha value is -0.620. The van der Waals surface area contributed by atoms with Crippen molar-refractivity contribution < 1.29 is 13.2 Å². The van der Waals surface area contributed by atoms with Crippen molar-refractivity contribution in [1.82, 2.24) is 4.31 Å². The molecule has 6 heteroatoms. The average molecular weight is 332 g/mol. The fraction of sp³-hybridized carbons (Fsp3) is 0.600. The molecular weight excluding hydrogens is 310 g/mol. The van der Waals surface area contributed by atoms with Gasteiger partial charge in [-0.1, -0.05) is 31.2 Å². The third-order valence-corrected chi connectivity index (χ3v) is 6.20. The first kappa shape index (κ1) is 16.7. The smallest absolute Gasteiger partial charge is 0.218 e. The van der Waals surface area contributed by atoms with Crippen molar-refractivity contribution >= 4 is 21.6 Å². The normalized spacial score (nSPS) is 24.1. The van der Waals surface area contributed by atoms with E-state index in [1.165, 1.54) is 0 Å². The highest BCUT2D eigenvalue weighted by Gasteiger charge is 2.32. The molecule has 0 aliphatic carbocycles. The maximum atomic E-state index is 12.5. The molecule has 0 saturated carbocycles. The lowest BCUT2D eigenvalue weighted by atomic mass is 9.97. The van der Waals surface area contributed by atoms with Gasteiger partial charge in [0.15, 0.2) is 0 Å². The minimum atomic E-state index is -3.30. The highest BCUT2D eigenvalue weighted by molar-refractivity contribution is 7.88. The van der Waals surface area contributed by atoms with Gasteiger partial charge in [-0.2, -0.15) is 4.31 Å². The number of halogens is 1. The number of sulfonamides is 1. The molecule has 1 fully saturated rings. The van der Waals surface area contributed by atoms with Crippen LogP contribution in [0.3, 0.4) is 0 Å². The van der Waals surface area contributed by atoms with Crippen molar-refractivity contribution in [3.63, 3.8) is 0 Å². The SMILES string of the molecule is COC1CN(S(=O)(=O)Cc2ccc(CCl)cc2)CCC1C. The molecule has 1 heterocycles. The van der Waals surface area contributed by atoms with Crippen LogP contribution in [0.5, 0.6) is 0 Å². The standard InChI is InChI=1S/C15H22ClNO3S/c1-12-7-8-17(10-15(12)20-2)21(18,19)11-14-5-3-13(9-16)4-6-14/h3-6,12,15H,7-11H2,1-2H3. The number of piperidine rings is 1. The summed E-state index contributed by atoms with van der Waals surface area (Å²) in [6.07, 6.45) is 0.815. The maximum absolute atomic E-state index is 12.5. The van der Waals surface area contributed by atoms with Crippen LogP contribution in [0.15, 0.2) is 24.3 Å². The van der Waals surface area contributed by atoms with E-state index in [1.807, 2.05) is 24.3 Å². The summed E-state index contributed by atoms with van der Waals surface area (Å²) < 4.78 is 32.0. The van der Waals surface area contributed by atoms with Crippen LogP contribution >= 0.6 is 11.6 Å². The van der Waals surface area contributed by atoms with E-state index in [9.17, 15) is 8.42 Å². The van der Waals surface area contributed by atoms with Gasteiger partial charge in [0.25, 0.3) is 0 Å². The van der Waals surface area contributed by atoms with Crippen molar-refractivity contribution in [1.29, 1.82) is 0 Å². The third kappa shape index (κ3) is 4.19. The van der Waals surface area contributed by atoms with Crippen LogP contribution < -0.4 is 0 Å². The summed E-state index contributed by atoms with van der Waals surface area (Å²) in [4.78, 5) is 0. The van der Waals surface area contributed by atoms with Gasteiger partial charge in [0.05, 0.1) is 11.9 Å². The summed E-state index contributed by atoms with van der Waals surface area (Å²) in [5.74, 6) is 0.858. The van der Waals surface area contributed by atoms with Crippen molar-refractivity contribution in [2.24, 2.45) is 5.92 Å². The molecule has 0 radical (unpaired) electrons. The van der Waals surface area contributed by atoms with E-state index in [1.54, 1.807) is 11.4 Å². The summed E-state index contributed by atoms with van der Waals surface area (Å²) in [5, 5.41) is 0. The molecule has 1 aromatic rings. The molecule has 1 aliphatic rings. The molecular formula is C15H22ClNO3S. The molecule has 4 nitrogen and oxygen atoms in total. The number of nitrogens with zero attached hydrogens (tertiary/aromatic N) is 1. The molecule has 0 amide bonds. The molecule has 1 saturated heterocycles. The molecule has 0 bridgehead atoms. The first-order chi connectivity index (χ1) is 9.96. The number of hydrogen-bond donors (Lipinski definition) is 0. The second-order valence-corrected chi connectivity index (χ2v) is 7.84. The number of methoxy groups -OCH3 is 1. The van der Waals surface area contributed by atoms with Crippen LogP contribution in [0, 0.1) is 5.92 Å². The van der Waals surface area contributed by atoms with Crippen LogP contribution in [0.2, 0.25) is 0 Å². The Balaban J connectivity index is 2.07. The zero-order valence-corrected chi connectivity index (χ0v) is 14.0. The summed E-state index contributed by atoms with van der Waals surface area (Å²) in [6, 6.07) is 7.40. The molecule has 0 spiro atoms. The Bertz CT molecular complexity index is 559. The van der Waals surface area contributed by atoms with E-state index < -0.39 is 10.0 Å². The molecule has 2 unspecified atom stereocenters. The zero-order chi connectivity index (χ0) is 15.5. The number of rotatable bonds is 5.